The quantitative estimate of drug-likeness (QED) is 0.125. The van der Waals surface area contributed by atoms with Gasteiger partial charge in [0.05, 0.1) is 0 Å². The van der Waals surface area contributed by atoms with E-state index in [9.17, 15) is 0 Å². The fourth-order valence-electron chi connectivity index (χ4n) is 11.5. The van der Waals surface area contributed by atoms with Gasteiger partial charge in [-0.3, -0.25) is 0 Å². The van der Waals surface area contributed by atoms with Crippen molar-refractivity contribution in [3.05, 3.63) is 198 Å². The molecule has 276 valence electrons. The van der Waals surface area contributed by atoms with E-state index in [2.05, 4.69) is 198 Å². The zero-order chi connectivity index (χ0) is 38.9. The minimum atomic E-state index is -0.115. The molecule has 0 spiro atoms. The Hall–Kier alpha value is -6.50. The lowest BCUT2D eigenvalue weighted by atomic mass is 9.77. The molecule has 0 unspecified atom stereocenters. The molecule has 58 heavy (non-hydrogen) atoms. The van der Waals surface area contributed by atoms with Crippen LogP contribution in [-0.4, -0.2) is 0 Å². The van der Waals surface area contributed by atoms with Crippen molar-refractivity contribution in [2.75, 3.05) is 0 Å². The summed E-state index contributed by atoms with van der Waals surface area (Å²) in [6.45, 7) is 9.66. The van der Waals surface area contributed by atoms with Gasteiger partial charge in [0.1, 0.15) is 0 Å². The Morgan fingerprint density at radius 1 is 0.379 bits per heavy atom. The van der Waals surface area contributed by atoms with E-state index >= 15 is 0 Å². The largest absolute Gasteiger partial charge is 0.0836 e. The summed E-state index contributed by atoms with van der Waals surface area (Å²) in [5, 5.41) is 10.5. The van der Waals surface area contributed by atoms with E-state index in [1.54, 1.807) is 5.57 Å². The van der Waals surface area contributed by atoms with Crippen LogP contribution in [0.25, 0.3) is 93.2 Å². The summed E-state index contributed by atoms with van der Waals surface area (Å²) in [5.74, 6) is 0. The number of benzene rings is 9. The average Bonchev–Trinajstić information content (AvgIpc) is 3.65. The van der Waals surface area contributed by atoms with Crippen LogP contribution in [0.3, 0.4) is 0 Å². The van der Waals surface area contributed by atoms with Crippen LogP contribution in [0.4, 0.5) is 0 Å². The van der Waals surface area contributed by atoms with Crippen molar-refractivity contribution in [1.82, 2.24) is 0 Å². The summed E-state index contributed by atoms with van der Waals surface area (Å²) in [5.41, 5.74) is 19.0. The second-order valence-corrected chi connectivity index (χ2v) is 17.9. The Morgan fingerprint density at radius 2 is 0.897 bits per heavy atom. The van der Waals surface area contributed by atoms with Gasteiger partial charge >= 0.3 is 0 Å². The highest BCUT2D eigenvalue weighted by Crippen LogP contribution is 2.56. The van der Waals surface area contributed by atoms with Gasteiger partial charge in [-0.15, -0.1) is 0 Å². The third-order valence-electron chi connectivity index (χ3n) is 14.1. The molecule has 0 aliphatic heterocycles. The van der Waals surface area contributed by atoms with Crippen molar-refractivity contribution >= 4 is 48.7 Å². The van der Waals surface area contributed by atoms with Gasteiger partial charge in [0, 0.05) is 10.8 Å². The van der Waals surface area contributed by atoms with Gasteiger partial charge in [0.15, 0.2) is 0 Å². The molecule has 0 nitrogen and oxygen atoms in total. The van der Waals surface area contributed by atoms with Gasteiger partial charge in [0.2, 0.25) is 0 Å². The van der Waals surface area contributed by atoms with Crippen molar-refractivity contribution in [2.24, 2.45) is 0 Å². The highest BCUT2D eigenvalue weighted by molar-refractivity contribution is 6.22. The number of fused-ring (bicyclic) bond motifs is 12. The van der Waals surface area contributed by atoms with Crippen LogP contribution < -0.4 is 0 Å². The average molecular weight is 741 g/mol. The molecule has 0 radical (unpaired) electrons. The number of allylic oxidation sites excluding steroid dienone is 4. The summed E-state index contributed by atoms with van der Waals surface area (Å²) >= 11 is 0. The first-order valence-electron chi connectivity index (χ1n) is 21.0. The summed E-state index contributed by atoms with van der Waals surface area (Å²) in [7, 11) is 0. The highest BCUT2D eigenvalue weighted by atomic mass is 14.4. The van der Waals surface area contributed by atoms with E-state index < -0.39 is 0 Å². The van der Waals surface area contributed by atoms with Crippen molar-refractivity contribution in [2.45, 2.75) is 51.4 Å². The highest BCUT2D eigenvalue weighted by Gasteiger charge is 2.39. The second kappa shape index (κ2) is 12.0. The lowest BCUT2D eigenvalue weighted by Gasteiger charge is -2.26. The molecule has 0 amide bonds. The number of rotatable bonds is 3. The molecule has 3 aliphatic rings. The Bertz CT molecular complexity index is 3270. The third kappa shape index (κ3) is 4.52. The monoisotopic (exact) mass is 740 g/mol. The molecule has 9 aromatic rings. The smallest absolute Gasteiger partial charge is 0.0165 e. The van der Waals surface area contributed by atoms with Crippen molar-refractivity contribution < 1.29 is 0 Å². The first-order chi connectivity index (χ1) is 28.3. The lowest BCUT2D eigenvalue weighted by molar-refractivity contribution is 0.607. The molecule has 0 N–H and O–H groups in total. The Labute approximate surface area is 340 Å². The van der Waals surface area contributed by atoms with Gasteiger partial charge < -0.3 is 0 Å². The van der Waals surface area contributed by atoms with Crippen molar-refractivity contribution in [1.29, 1.82) is 0 Å². The second-order valence-electron chi connectivity index (χ2n) is 17.9. The molecule has 9 aromatic carbocycles. The number of hydrogen-bond donors (Lipinski definition) is 0. The first-order valence-corrected chi connectivity index (χ1v) is 21.0. The van der Waals surface area contributed by atoms with E-state index in [-0.39, 0.29) is 10.8 Å². The Morgan fingerprint density at radius 3 is 1.55 bits per heavy atom. The summed E-state index contributed by atoms with van der Waals surface area (Å²) < 4.78 is 0. The van der Waals surface area contributed by atoms with Gasteiger partial charge in [-0.2, -0.15) is 0 Å². The predicted octanol–water partition coefficient (Wildman–Crippen LogP) is 16.0. The SMILES string of the molecule is CC1(C)C2=C(C=CCC2)c2ccc(-c3c4ccccc4c(-c4cccc(-c5ccc6c(c5)-c5c(c7ccccc7c7ccccc57)C6(C)C)c4)c4ccccc34)cc21. The minimum absolute atomic E-state index is 0.0215. The molecule has 0 heteroatoms. The van der Waals surface area contributed by atoms with E-state index in [1.807, 2.05) is 0 Å². The van der Waals surface area contributed by atoms with Crippen LogP contribution in [-0.2, 0) is 10.8 Å². The molecule has 0 fully saturated rings. The maximum Gasteiger partial charge on any atom is 0.0165 e. The zero-order valence-electron chi connectivity index (χ0n) is 33.6. The molecule has 0 saturated heterocycles. The van der Waals surface area contributed by atoms with Gasteiger partial charge in [-0.05, 0) is 146 Å². The van der Waals surface area contributed by atoms with E-state index in [0.29, 0.717) is 0 Å². The molecule has 12 rings (SSSR count). The lowest BCUT2D eigenvalue weighted by Crippen LogP contribution is -2.17. The standard InChI is InChI=1S/C58H44/c1-57(2)50-27-14-13-20-41(50)42-30-28-38(34-52(42)57)54-46-24-10-8-22-44(46)53(45-23-9-11-25-47(45)54)37-17-15-16-35(32-37)36-29-31-51-49(33-36)55-43-21-7-5-18-39(43)40-19-6-12-26-48(40)56(55)58(51,3)4/h5-13,15-26,28-34H,14,27H2,1-4H3. The Kier molecular flexibility index (Phi) is 6.96. The maximum absolute atomic E-state index is 2.51. The van der Waals surface area contributed by atoms with Gasteiger partial charge in [-0.1, -0.05) is 185 Å². The number of hydrogen-bond acceptors (Lipinski definition) is 0. The molecule has 0 heterocycles. The predicted molar refractivity (Wildman–Crippen MR) is 249 cm³/mol. The fourth-order valence-corrected chi connectivity index (χ4v) is 11.5. The normalized spacial score (nSPS) is 15.9. The van der Waals surface area contributed by atoms with Crippen LogP contribution in [0, 0.1) is 0 Å². The molecule has 0 atom stereocenters. The van der Waals surface area contributed by atoms with Crippen LogP contribution >= 0.6 is 0 Å². The van der Waals surface area contributed by atoms with Gasteiger partial charge in [0.25, 0.3) is 0 Å². The van der Waals surface area contributed by atoms with Crippen molar-refractivity contribution in [3.8, 4) is 44.5 Å². The Balaban J connectivity index is 1.04. The summed E-state index contributed by atoms with van der Waals surface area (Å²) in [4.78, 5) is 0. The van der Waals surface area contributed by atoms with Gasteiger partial charge in [-0.25, -0.2) is 0 Å². The minimum Gasteiger partial charge on any atom is -0.0836 e. The van der Waals surface area contributed by atoms with Crippen LogP contribution in [0.5, 0.6) is 0 Å². The molecular weight excluding hydrogens is 697 g/mol. The first kappa shape index (κ1) is 33.6. The van der Waals surface area contributed by atoms with Crippen LogP contribution in [0.1, 0.15) is 62.8 Å². The molecule has 3 aliphatic carbocycles. The maximum atomic E-state index is 2.51. The van der Waals surface area contributed by atoms with Crippen LogP contribution in [0.15, 0.2) is 175 Å². The third-order valence-corrected chi connectivity index (χ3v) is 14.1. The summed E-state index contributed by atoms with van der Waals surface area (Å²) in [6.07, 6.45) is 6.99. The van der Waals surface area contributed by atoms with E-state index in [1.165, 1.54) is 115 Å². The topological polar surface area (TPSA) is 0 Å². The fraction of sp³-hybridized carbons (Fsp3) is 0.138. The van der Waals surface area contributed by atoms with Crippen LogP contribution in [0.2, 0.25) is 0 Å². The molecule has 0 bridgehead atoms. The molecule has 0 saturated carbocycles. The van der Waals surface area contributed by atoms with E-state index in [0.717, 1.165) is 12.8 Å². The van der Waals surface area contributed by atoms with E-state index in [4.69, 9.17) is 0 Å². The zero-order valence-corrected chi connectivity index (χ0v) is 33.6. The summed E-state index contributed by atoms with van der Waals surface area (Å²) in [6, 6.07) is 59.9. The van der Waals surface area contributed by atoms with Crippen molar-refractivity contribution in [3.63, 3.8) is 0 Å². The molecular formula is C58H44. The molecule has 0 aromatic heterocycles.